The first-order valence-electron chi connectivity index (χ1n) is 13.1. The Morgan fingerprint density at radius 3 is 2.70 bits per heavy atom. The standard InChI is InChI=1S/C25H28N10O7S2/c1-25(2,23(40)41)42-32-13(18-31-24(27)44-33-18)19(36)30-14-20(37)35-15(22(38)39)10(9-43-21(14)35)8-34-6-4-5-12-16(34)11(7-28-3)17(26)29-12/h4-6,14,21,28H,7-9H2,1-3H3,(H7,26,27,29,30,31,33,36,38,39,40,41)/p+1. The third kappa shape index (κ3) is 5.51. The third-order valence-electron chi connectivity index (χ3n) is 6.95. The van der Waals surface area contributed by atoms with Crippen molar-refractivity contribution in [2.24, 2.45) is 5.16 Å². The summed E-state index contributed by atoms with van der Waals surface area (Å²) < 4.78 is 5.83. The average Bonchev–Trinajstić information content (AvgIpc) is 3.54. The number of hydrogen-bond acceptors (Lipinski definition) is 13. The Labute approximate surface area is 257 Å². The molecule has 9 N–H and O–H groups in total. The summed E-state index contributed by atoms with van der Waals surface area (Å²) in [6, 6.07) is 2.57. The minimum atomic E-state index is -1.80. The van der Waals surface area contributed by atoms with Gasteiger partial charge in [0.2, 0.25) is 22.7 Å². The van der Waals surface area contributed by atoms with E-state index in [1.54, 1.807) is 7.05 Å². The van der Waals surface area contributed by atoms with E-state index >= 15 is 0 Å². The fourth-order valence-corrected chi connectivity index (χ4v) is 6.53. The van der Waals surface area contributed by atoms with E-state index in [-0.39, 0.29) is 29.0 Å². The van der Waals surface area contributed by atoms with Crippen LogP contribution in [0.1, 0.15) is 25.2 Å². The van der Waals surface area contributed by atoms with Crippen LogP contribution in [0.3, 0.4) is 0 Å². The van der Waals surface area contributed by atoms with Crippen molar-refractivity contribution in [2.45, 2.75) is 44.0 Å². The van der Waals surface area contributed by atoms with Gasteiger partial charge in [-0.15, -0.1) is 11.8 Å². The number of oxime groups is 1. The molecular formula is C25H29N10O7S2+. The Bertz CT molecular complexity index is 1750. The molecule has 0 spiro atoms. The summed E-state index contributed by atoms with van der Waals surface area (Å²) in [6.07, 6.45) is 1.81. The first kappa shape index (κ1) is 30.7. The molecule has 2 unspecified atom stereocenters. The van der Waals surface area contributed by atoms with E-state index in [0.29, 0.717) is 17.9 Å². The van der Waals surface area contributed by atoms with Crippen molar-refractivity contribution in [1.29, 1.82) is 0 Å². The smallest absolute Gasteiger partial charge is 0.352 e. The number of nitrogens with zero attached hydrogens (tertiary/aromatic N) is 5. The second kappa shape index (κ2) is 11.7. The molecule has 0 saturated carbocycles. The van der Waals surface area contributed by atoms with Crippen LogP contribution in [0.15, 0.2) is 34.8 Å². The van der Waals surface area contributed by atoms with Crippen molar-refractivity contribution in [3.05, 3.63) is 41.0 Å². The number of H-pyrrole nitrogens is 1. The molecule has 0 aromatic carbocycles. The minimum absolute atomic E-state index is 0.0180. The van der Waals surface area contributed by atoms with Crippen LogP contribution < -0.4 is 26.7 Å². The summed E-state index contributed by atoms with van der Waals surface area (Å²) in [4.78, 5) is 63.8. The lowest BCUT2D eigenvalue weighted by molar-refractivity contribution is -0.663. The Balaban J connectivity index is 1.40. The van der Waals surface area contributed by atoms with Gasteiger partial charge in [0.05, 0.1) is 5.56 Å². The second-order valence-corrected chi connectivity index (χ2v) is 12.3. The van der Waals surface area contributed by atoms with E-state index in [4.69, 9.17) is 16.3 Å². The monoisotopic (exact) mass is 645 g/mol. The lowest BCUT2D eigenvalue weighted by Crippen LogP contribution is -2.71. The number of carbonyl (C=O) groups is 4. The van der Waals surface area contributed by atoms with Crippen LogP contribution >= 0.6 is 23.3 Å². The highest BCUT2D eigenvalue weighted by Crippen LogP contribution is 2.40. The Kier molecular flexibility index (Phi) is 8.19. The molecule has 2 aliphatic heterocycles. The molecule has 5 rings (SSSR count). The summed E-state index contributed by atoms with van der Waals surface area (Å²) in [5.74, 6) is -3.68. The number of β-lactam (4-membered cyclic amide) rings is 1. The first-order chi connectivity index (χ1) is 20.8. The number of nitrogen functional groups attached to an aromatic ring is 2. The predicted molar refractivity (Wildman–Crippen MR) is 159 cm³/mol. The largest absolute Gasteiger partial charge is 0.478 e. The first-order valence-corrected chi connectivity index (χ1v) is 14.9. The summed E-state index contributed by atoms with van der Waals surface area (Å²) in [5.41, 5.74) is 12.3. The van der Waals surface area contributed by atoms with E-state index in [1.807, 2.05) is 22.9 Å². The molecule has 2 aliphatic rings. The molecule has 0 radical (unpaired) electrons. The van der Waals surface area contributed by atoms with Crippen LogP contribution in [0.25, 0.3) is 11.0 Å². The summed E-state index contributed by atoms with van der Waals surface area (Å²) >= 11 is 2.06. The topological polar surface area (TPSA) is 255 Å². The highest BCUT2D eigenvalue weighted by atomic mass is 32.2. The van der Waals surface area contributed by atoms with Gasteiger partial charge in [0.15, 0.2) is 17.9 Å². The number of rotatable bonds is 11. The molecule has 17 nitrogen and oxygen atoms in total. The van der Waals surface area contributed by atoms with Gasteiger partial charge in [0.25, 0.3) is 11.8 Å². The van der Waals surface area contributed by atoms with Crippen molar-refractivity contribution >= 4 is 74.7 Å². The van der Waals surface area contributed by atoms with Gasteiger partial charge in [-0.3, -0.25) is 14.5 Å². The molecule has 3 aromatic heterocycles. The maximum absolute atomic E-state index is 13.3. The second-order valence-electron chi connectivity index (χ2n) is 10.4. The molecular weight excluding hydrogens is 616 g/mol. The normalized spacial score (nSPS) is 18.7. The van der Waals surface area contributed by atoms with Crippen LogP contribution in [-0.2, 0) is 37.1 Å². The van der Waals surface area contributed by atoms with Crippen molar-refractivity contribution in [3.63, 3.8) is 0 Å². The number of aromatic nitrogens is 4. The molecule has 1 saturated heterocycles. The SMILES string of the molecule is CNCc1c(N)[nH]c2ccc[n+](CC3=C(C(=O)O)N4C(=O)C(NC(=O)C(=NOC(C)(C)C(=O)O)c5nsc(N)n5)C4SC3)c12. The van der Waals surface area contributed by atoms with Gasteiger partial charge in [0.1, 0.15) is 28.4 Å². The summed E-state index contributed by atoms with van der Waals surface area (Å²) in [7, 11) is 1.79. The number of pyridine rings is 1. The van der Waals surface area contributed by atoms with Gasteiger partial charge in [0, 0.05) is 35.5 Å². The number of aromatic amines is 1. The van der Waals surface area contributed by atoms with E-state index < -0.39 is 46.5 Å². The molecule has 1 fully saturated rings. The quantitative estimate of drug-likeness (QED) is 0.0585. The van der Waals surface area contributed by atoms with Gasteiger partial charge in [-0.1, -0.05) is 5.16 Å². The predicted octanol–water partition coefficient (Wildman–Crippen LogP) is -0.787. The number of aliphatic carboxylic acids is 2. The van der Waals surface area contributed by atoms with E-state index in [9.17, 15) is 29.4 Å². The number of carboxylic acids is 2. The third-order valence-corrected chi connectivity index (χ3v) is 8.83. The van der Waals surface area contributed by atoms with Gasteiger partial charge >= 0.3 is 11.9 Å². The molecule has 232 valence electrons. The molecule has 0 bridgehead atoms. The van der Waals surface area contributed by atoms with Gasteiger partial charge in [-0.2, -0.15) is 13.9 Å². The zero-order valence-corrected chi connectivity index (χ0v) is 25.3. The highest BCUT2D eigenvalue weighted by Gasteiger charge is 2.55. The number of thioether (sulfide) groups is 1. The molecule has 3 aromatic rings. The molecule has 5 heterocycles. The number of carboxylic acid groups (broad SMARTS) is 2. The van der Waals surface area contributed by atoms with E-state index in [1.165, 1.54) is 25.6 Å². The van der Waals surface area contributed by atoms with E-state index in [0.717, 1.165) is 33.0 Å². The molecule has 2 amide bonds. The molecule has 2 atom stereocenters. The van der Waals surface area contributed by atoms with E-state index in [2.05, 4.69) is 30.1 Å². The fraction of sp³-hybridized carbons (Fsp3) is 0.360. The molecule has 0 aliphatic carbocycles. The number of nitrogens with two attached hydrogens (primary N) is 2. The van der Waals surface area contributed by atoms with Crippen LogP contribution in [0, 0.1) is 0 Å². The van der Waals surface area contributed by atoms with Crippen molar-refractivity contribution in [3.8, 4) is 0 Å². The Morgan fingerprint density at radius 1 is 1.32 bits per heavy atom. The maximum Gasteiger partial charge on any atom is 0.352 e. The van der Waals surface area contributed by atoms with Crippen molar-refractivity contribution < 1.29 is 38.8 Å². The zero-order valence-electron chi connectivity index (χ0n) is 23.7. The van der Waals surface area contributed by atoms with Gasteiger partial charge < -0.3 is 42.1 Å². The number of nitrogens with one attached hydrogen (secondary N) is 3. The molecule has 19 heteroatoms. The maximum atomic E-state index is 13.3. The number of carbonyl (C=O) groups excluding carboxylic acids is 2. The fourth-order valence-electron chi connectivity index (χ4n) is 4.76. The van der Waals surface area contributed by atoms with Crippen molar-refractivity contribution in [1.82, 2.24) is 29.9 Å². The van der Waals surface area contributed by atoms with Crippen molar-refractivity contribution in [2.75, 3.05) is 24.3 Å². The number of anilines is 2. The Hall–Kier alpha value is -4.75. The van der Waals surface area contributed by atoms with Crippen LogP contribution in [0.4, 0.5) is 10.9 Å². The van der Waals surface area contributed by atoms with Crippen LogP contribution in [0.5, 0.6) is 0 Å². The highest BCUT2D eigenvalue weighted by molar-refractivity contribution is 8.00. The zero-order chi connectivity index (χ0) is 31.9. The summed E-state index contributed by atoms with van der Waals surface area (Å²) in [6.45, 7) is 3.12. The van der Waals surface area contributed by atoms with Crippen LogP contribution in [0.2, 0.25) is 0 Å². The summed E-state index contributed by atoms with van der Waals surface area (Å²) in [5, 5.41) is 28.1. The Morgan fingerprint density at radius 2 is 2.07 bits per heavy atom. The molecule has 44 heavy (non-hydrogen) atoms. The lowest BCUT2D eigenvalue weighted by atomic mass is 10.0. The number of fused-ring (bicyclic) bond motifs is 2. The lowest BCUT2D eigenvalue weighted by Gasteiger charge is -2.49. The average molecular weight is 646 g/mol. The van der Waals surface area contributed by atoms with Gasteiger partial charge in [-0.05, 0) is 27.0 Å². The number of hydrogen-bond donors (Lipinski definition) is 7. The van der Waals surface area contributed by atoms with Crippen LogP contribution in [-0.4, -0.2) is 88.7 Å². The minimum Gasteiger partial charge on any atom is -0.478 e. The van der Waals surface area contributed by atoms with Gasteiger partial charge in [-0.25, -0.2) is 9.59 Å². The number of amides is 2.